The number of rotatable bonds is 6. The summed E-state index contributed by atoms with van der Waals surface area (Å²) < 4.78 is 22.3. The molecule has 38 heavy (non-hydrogen) atoms. The van der Waals surface area contributed by atoms with Crippen LogP contribution in [-0.4, -0.2) is 28.5 Å². The molecule has 2 aromatic carbocycles. The van der Waals surface area contributed by atoms with Crippen LogP contribution in [0.3, 0.4) is 0 Å². The molecule has 1 heterocycles. The number of carbonyl (C=O) groups is 1. The molecule has 0 aliphatic heterocycles. The van der Waals surface area contributed by atoms with E-state index < -0.39 is 5.82 Å². The number of aromatic nitrogens is 1. The molecule has 1 aliphatic rings. The number of anilines is 3. The number of halogens is 1. The predicted molar refractivity (Wildman–Crippen MR) is 154 cm³/mol. The fraction of sp³-hybridized carbons (Fsp3) is 0.400. The normalized spacial score (nSPS) is 11.9. The zero-order valence-corrected chi connectivity index (χ0v) is 24.0. The Hall–Kier alpha value is -3.81. The monoisotopic (exact) mass is 524 g/mol. The van der Waals surface area contributed by atoms with Crippen molar-refractivity contribution in [3.63, 3.8) is 0 Å². The number of amides is 1. The van der Waals surface area contributed by atoms with Crippen LogP contribution in [-0.2, 0) is 7.05 Å². The lowest BCUT2D eigenvalue weighted by Gasteiger charge is -2.25. The van der Waals surface area contributed by atoms with Crippen LogP contribution in [0, 0.1) is 26.6 Å². The van der Waals surface area contributed by atoms with E-state index in [-0.39, 0.29) is 45.9 Å². The summed E-state index contributed by atoms with van der Waals surface area (Å²) in [5.41, 5.74) is 8.24. The Bertz CT molecular complexity index is 1350. The molecule has 3 N–H and O–H groups in total. The summed E-state index contributed by atoms with van der Waals surface area (Å²) in [7, 11) is 3.28. The summed E-state index contributed by atoms with van der Waals surface area (Å²) in [6, 6.07) is 10.1. The van der Waals surface area contributed by atoms with Gasteiger partial charge in [0.05, 0.1) is 11.3 Å². The molecule has 1 aromatic heterocycles. The van der Waals surface area contributed by atoms with Gasteiger partial charge in [0.1, 0.15) is 22.9 Å². The molecule has 0 spiro atoms. The summed E-state index contributed by atoms with van der Waals surface area (Å²) >= 11 is 0. The van der Waals surface area contributed by atoms with E-state index in [1.807, 2.05) is 27.7 Å². The van der Waals surface area contributed by atoms with Crippen LogP contribution in [0.2, 0.25) is 0 Å². The number of aryl methyl sites for hydroxylation is 1. The molecule has 0 unspecified atom stereocenters. The quantitative estimate of drug-likeness (QED) is 0.344. The third-order valence-corrected chi connectivity index (χ3v) is 6.31. The van der Waals surface area contributed by atoms with Crippen LogP contribution < -0.4 is 21.3 Å². The van der Waals surface area contributed by atoms with Gasteiger partial charge in [-0.2, -0.15) is 0 Å². The topological polar surface area (TPSA) is 89.6 Å². The average Bonchev–Trinajstić information content (AvgIpc) is 3.76. The van der Waals surface area contributed by atoms with Crippen molar-refractivity contribution in [3.05, 3.63) is 74.8 Å². The smallest absolute Gasteiger partial charge is 0.261 e. The van der Waals surface area contributed by atoms with Crippen LogP contribution in [0.15, 0.2) is 41.2 Å². The SMILES string of the molecule is CC.CC.Cc1ccc(Nc2c(C(=O)N(C)C3CC3)c(Oc3cccc(N)c3C)c(C)c(=O)n2C)c(F)c1. The second-order valence-electron chi connectivity index (χ2n) is 8.87. The maximum absolute atomic E-state index is 14.7. The van der Waals surface area contributed by atoms with Gasteiger partial charge in [0.15, 0.2) is 5.75 Å². The molecule has 0 bridgehead atoms. The van der Waals surface area contributed by atoms with Gasteiger partial charge >= 0.3 is 0 Å². The van der Waals surface area contributed by atoms with Crippen molar-refractivity contribution in [2.75, 3.05) is 18.1 Å². The van der Waals surface area contributed by atoms with Gasteiger partial charge in [-0.1, -0.05) is 39.8 Å². The minimum absolute atomic E-state index is 0.121. The van der Waals surface area contributed by atoms with Crippen molar-refractivity contribution in [3.8, 4) is 11.5 Å². The number of nitrogens with zero attached hydrogens (tertiary/aromatic N) is 2. The van der Waals surface area contributed by atoms with Crippen molar-refractivity contribution in [1.82, 2.24) is 9.47 Å². The Morgan fingerprint density at radius 1 is 1.08 bits per heavy atom. The van der Waals surface area contributed by atoms with Gasteiger partial charge < -0.3 is 20.7 Å². The summed E-state index contributed by atoms with van der Waals surface area (Å²) in [4.78, 5) is 28.5. The number of carbonyl (C=O) groups excluding carboxylic acids is 1. The molecule has 1 amide bonds. The Labute approximate surface area is 225 Å². The maximum atomic E-state index is 14.7. The Morgan fingerprint density at radius 2 is 1.71 bits per heavy atom. The molecule has 1 aliphatic carbocycles. The predicted octanol–water partition coefficient (Wildman–Crippen LogP) is 6.85. The van der Waals surface area contributed by atoms with E-state index in [9.17, 15) is 14.0 Å². The lowest BCUT2D eigenvalue weighted by atomic mass is 10.1. The van der Waals surface area contributed by atoms with E-state index in [4.69, 9.17) is 10.5 Å². The second kappa shape index (κ2) is 13.1. The molecule has 1 saturated carbocycles. The van der Waals surface area contributed by atoms with E-state index in [0.717, 1.165) is 18.4 Å². The number of nitrogen functional groups attached to an aromatic ring is 1. The molecule has 1 fully saturated rings. The number of hydrogen-bond donors (Lipinski definition) is 2. The van der Waals surface area contributed by atoms with E-state index in [2.05, 4.69) is 5.32 Å². The lowest BCUT2D eigenvalue weighted by molar-refractivity contribution is 0.0782. The van der Waals surface area contributed by atoms with Crippen molar-refractivity contribution in [2.24, 2.45) is 7.05 Å². The molecule has 3 aromatic rings. The van der Waals surface area contributed by atoms with Gasteiger partial charge in [-0.3, -0.25) is 14.2 Å². The Kier molecular flexibility index (Phi) is 10.5. The van der Waals surface area contributed by atoms with Crippen LogP contribution in [0.5, 0.6) is 11.5 Å². The standard InChI is InChI=1S/C26H29FN4O3.2C2H6/c1-14-9-12-20(18(27)13-14)29-24-22(26(33)30(4)17-10-11-17)23(16(3)25(32)31(24)5)34-21-8-6-7-19(28)15(21)2;2*1-2/h6-9,12-13,17,29H,10-11,28H2,1-5H3;2*1-2H3. The molecular weight excluding hydrogens is 483 g/mol. The first kappa shape index (κ1) is 30.4. The molecule has 0 saturated heterocycles. The number of nitrogens with two attached hydrogens (primary N) is 1. The van der Waals surface area contributed by atoms with E-state index in [1.165, 1.54) is 10.6 Å². The highest BCUT2D eigenvalue weighted by Crippen LogP contribution is 2.38. The highest BCUT2D eigenvalue weighted by molar-refractivity contribution is 6.03. The van der Waals surface area contributed by atoms with Gasteiger partial charge in [0.2, 0.25) is 0 Å². The molecule has 4 rings (SSSR count). The number of hydrogen-bond acceptors (Lipinski definition) is 5. The molecule has 206 valence electrons. The maximum Gasteiger partial charge on any atom is 0.261 e. The van der Waals surface area contributed by atoms with Crippen LogP contribution >= 0.6 is 0 Å². The largest absolute Gasteiger partial charge is 0.456 e. The lowest BCUT2D eigenvalue weighted by Crippen LogP contribution is -2.33. The van der Waals surface area contributed by atoms with Crippen LogP contribution in [0.1, 0.15) is 67.6 Å². The van der Waals surface area contributed by atoms with E-state index in [1.54, 1.807) is 70.1 Å². The highest BCUT2D eigenvalue weighted by Gasteiger charge is 2.35. The van der Waals surface area contributed by atoms with E-state index in [0.29, 0.717) is 17.0 Å². The fourth-order valence-electron chi connectivity index (χ4n) is 3.89. The first-order chi connectivity index (χ1) is 18.1. The van der Waals surface area contributed by atoms with Gasteiger partial charge in [0.25, 0.3) is 11.5 Å². The average molecular weight is 525 g/mol. The highest BCUT2D eigenvalue weighted by atomic mass is 19.1. The van der Waals surface area contributed by atoms with Gasteiger partial charge in [-0.15, -0.1) is 0 Å². The summed E-state index contributed by atoms with van der Waals surface area (Å²) in [5.74, 6) is -0.0763. The zero-order chi connectivity index (χ0) is 28.7. The summed E-state index contributed by atoms with van der Waals surface area (Å²) in [6.45, 7) is 13.2. The third kappa shape index (κ3) is 6.36. The van der Waals surface area contributed by atoms with Crippen LogP contribution in [0.4, 0.5) is 21.6 Å². The summed E-state index contributed by atoms with van der Waals surface area (Å²) in [6.07, 6.45) is 1.82. The molecule has 0 atom stereocenters. The minimum atomic E-state index is -0.490. The molecular formula is C30H41FN4O3. The molecule has 7 nitrogen and oxygen atoms in total. The Balaban J connectivity index is 0.00000121. The van der Waals surface area contributed by atoms with Crippen LogP contribution in [0.25, 0.3) is 0 Å². The molecule has 8 heteroatoms. The number of pyridine rings is 1. The minimum Gasteiger partial charge on any atom is -0.456 e. The first-order valence-corrected chi connectivity index (χ1v) is 13.2. The van der Waals surface area contributed by atoms with Gasteiger partial charge in [0, 0.05) is 31.4 Å². The molecule has 0 radical (unpaired) electrons. The van der Waals surface area contributed by atoms with E-state index >= 15 is 0 Å². The van der Waals surface area contributed by atoms with Crippen molar-refractivity contribution in [1.29, 1.82) is 0 Å². The second-order valence-corrected chi connectivity index (χ2v) is 8.87. The third-order valence-electron chi connectivity index (χ3n) is 6.31. The van der Waals surface area contributed by atoms with Gasteiger partial charge in [-0.05, 0) is 63.4 Å². The number of ether oxygens (including phenoxy) is 1. The zero-order valence-electron chi connectivity index (χ0n) is 24.0. The number of benzene rings is 2. The van der Waals surface area contributed by atoms with Crippen molar-refractivity contribution in [2.45, 2.75) is 67.3 Å². The Morgan fingerprint density at radius 3 is 2.29 bits per heavy atom. The first-order valence-electron chi connectivity index (χ1n) is 13.2. The van der Waals surface area contributed by atoms with Crippen molar-refractivity contribution < 1.29 is 13.9 Å². The fourth-order valence-corrected chi connectivity index (χ4v) is 3.89. The summed E-state index contributed by atoms with van der Waals surface area (Å²) in [5, 5.41) is 2.99. The van der Waals surface area contributed by atoms with Gasteiger partial charge in [-0.25, -0.2) is 4.39 Å². The van der Waals surface area contributed by atoms with Crippen molar-refractivity contribution >= 4 is 23.1 Å². The number of nitrogens with one attached hydrogen (secondary N) is 1.